The minimum absolute atomic E-state index is 0.0512. The Hall–Kier alpha value is -1.55. The molecule has 0 radical (unpaired) electrons. The Morgan fingerprint density at radius 2 is 2.28 bits per heavy atom. The number of aromatic hydroxyl groups is 1. The van der Waals surface area contributed by atoms with Gasteiger partial charge in [-0.15, -0.1) is 0 Å². The Labute approximate surface area is 107 Å². The molecule has 1 saturated heterocycles. The van der Waals surface area contributed by atoms with Crippen LogP contribution in [0.2, 0.25) is 0 Å². The number of hydrogen-bond donors (Lipinski definition) is 2. The van der Waals surface area contributed by atoms with Crippen LogP contribution in [-0.2, 0) is 4.74 Å². The Balaban J connectivity index is 2.14. The van der Waals surface area contributed by atoms with Crippen LogP contribution in [0.4, 0.5) is 0 Å². The van der Waals surface area contributed by atoms with E-state index in [1.165, 1.54) is 0 Å². The zero-order valence-electron chi connectivity index (χ0n) is 10.8. The summed E-state index contributed by atoms with van der Waals surface area (Å²) in [5.41, 5.74) is 0.681. The van der Waals surface area contributed by atoms with Crippen molar-refractivity contribution in [3.05, 3.63) is 29.3 Å². The first-order chi connectivity index (χ1) is 8.52. The second-order valence-corrected chi connectivity index (χ2v) is 5.14. The Morgan fingerprint density at radius 1 is 1.50 bits per heavy atom. The van der Waals surface area contributed by atoms with Crippen molar-refractivity contribution in [1.82, 2.24) is 5.32 Å². The zero-order chi connectivity index (χ0) is 13.2. The lowest BCUT2D eigenvalue weighted by atomic mass is 9.94. The third-order valence-electron chi connectivity index (χ3n) is 3.34. The van der Waals surface area contributed by atoms with Crippen molar-refractivity contribution in [3.63, 3.8) is 0 Å². The molecule has 1 aliphatic heterocycles. The minimum atomic E-state index is -0.342. The number of carbonyl (C=O) groups is 1. The van der Waals surface area contributed by atoms with E-state index in [4.69, 9.17) is 4.74 Å². The number of para-hydroxylation sites is 1. The molecule has 1 aromatic rings. The SMILES string of the molecule is Cc1cccc(C(=O)NC2(C)CCCOC2)c1O. The molecule has 1 aromatic carbocycles. The van der Waals surface area contributed by atoms with Crippen LogP contribution in [-0.4, -0.2) is 29.8 Å². The van der Waals surface area contributed by atoms with E-state index in [9.17, 15) is 9.90 Å². The molecule has 18 heavy (non-hydrogen) atoms. The van der Waals surface area contributed by atoms with E-state index < -0.39 is 0 Å². The molecule has 0 spiro atoms. The van der Waals surface area contributed by atoms with Gasteiger partial charge >= 0.3 is 0 Å². The lowest BCUT2D eigenvalue weighted by Crippen LogP contribution is -2.51. The molecular weight excluding hydrogens is 230 g/mol. The van der Waals surface area contributed by atoms with E-state index in [2.05, 4.69) is 5.32 Å². The molecule has 98 valence electrons. The third kappa shape index (κ3) is 2.64. The van der Waals surface area contributed by atoms with Crippen molar-refractivity contribution in [2.45, 2.75) is 32.2 Å². The first-order valence-corrected chi connectivity index (χ1v) is 6.21. The van der Waals surface area contributed by atoms with Crippen molar-refractivity contribution in [3.8, 4) is 5.75 Å². The molecule has 0 saturated carbocycles. The molecule has 0 aliphatic carbocycles. The van der Waals surface area contributed by atoms with E-state index in [0.29, 0.717) is 17.7 Å². The maximum Gasteiger partial charge on any atom is 0.255 e. The number of benzene rings is 1. The van der Waals surface area contributed by atoms with Gasteiger partial charge in [-0.3, -0.25) is 4.79 Å². The Bertz CT molecular complexity index is 450. The highest BCUT2D eigenvalue weighted by Crippen LogP contribution is 2.24. The number of aryl methyl sites for hydroxylation is 1. The predicted octanol–water partition coefficient (Wildman–Crippen LogP) is 2.00. The molecule has 2 N–H and O–H groups in total. The fraction of sp³-hybridized carbons (Fsp3) is 0.500. The van der Waals surface area contributed by atoms with Gasteiger partial charge in [-0.2, -0.15) is 0 Å². The van der Waals surface area contributed by atoms with Gasteiger partial charge in [-0.05, 0) is 38.3 Å². The highest BCUT2D eigenvalue weighted by Gasteiger charge is 2.30. The summed E-state index contributed by atoms with van der Waals surface area (Å²) in [6, 6.07) is 5.17. The molecule has 2 rings (SSSR count). The van der Waals surface area contributed by atoms with Crippen LogP contribution in [0.5, 0.6) is 5.75 Å². The fourth-order valence-corrected chi connectivity index (χ4v) is 2.22. The van der Waals surface area contributed by atoms with Crippen molar-refractivity contribution in [1.29, 1.82) is 0 Å². The molecular formula is C14H19NO3. The van der Waals surface area contributed by atoms with Gasteiger partial charge in [0.05, 0.1) is 17.7 Å². The number of amides is 1. The van der Waals surface area contributed by atoms with Crippen molar-refractivity contribution in [2.24, 2.45) is 0 Å². The average molecular weight is 249 g/mol. The molecule has 0 aromatic heterocycles. The Kier molecular flexibility index (Phi) is 3.57. The smallest absolute Gasteiger partial charge is 0.255 e. The number of phenolic OH excluding ortho intramolecular Hbond substituents is 1. The molecule has 4 nitrogen and oxygen atoms in total. The number of hydrogen-bond acceptors (Lipinski definition) is 3. The largest absolute Gasteiger partial charge is 0.507 e. The van der Waals surface area contributed by atoms with Crippen LogP contribution in [0.25, 0.3) is 0 Å². The van der Waals surface area contributed by atoms with Gasteiger partial charge in [0.2, 0.25) is 0 Å². The summed E-state index contributed by atoms with van der Waals surface area (Å²) >= 11 is 0. The molecule has 1 unspecified atom stereocenters. The zero-order valence-corrected chi connectivity index (χ0v) is 10.8. The van der Waals surface area contributed by atoms with E-state index in [1.54, 1.807) is 25.1 Å². The fourth-order valence-electron chi connectivity index (χ4n) is 2.22. The van der Waals surface area contributed by atoms with E-state index >= 15 is 0 Å². The van der Waals surface area contributed by atoms with Gasteiger partial charge in [0, 0.05) is 6.61 Å². The van der Waals surface area contributed by atoms with Crippen molar-refractivity contribution < 1.29 is 14.6 Å². The van der Waals surface area contributed by atoms with Crippen LogP contribution < -0.4 is 5.32 Å². The molecule has 1 fully saturated rings. The average Bonchev–Trinajstić information content (AvgIpc) is 2.33. The van der Waals surface area contributed by atoms with Gasteiger partial charge in [-0.25, -0.2) is 0 Å². The first kappa shape index (κ1) is 12.9. The molecule has 1 aliphatic rings. The van der Waals surface area contributed by atoms with E-state index in [1.807, 2.05) is 6.92 Å². The topological polar surface area (TPSA) is 58.6 Å². The standard InChI is InChI=1S/C14H19NO3/c1-10-5-3-6-11(12(10)16)13(17)15-14(2)7-4-8-18-9-14/h3,5-6,16H,4,7-9H2,1-2H3,(H,15,17). The summed E-state index contributed by atoms with van der Waals surface area (Å²) in [5.74, 6) is -0.195. The summed E-state index contributed by atoms with van der Waals surface area (Å²) in [4.78, 5) is 12.2. The molecule has 1 heterocycles. The van der Waals surface area contributed by atoms with Crippen molar-refractivity contribution >= 4 is 5.91 Å². The van der Waals surface area contributed by atoms with Crippen LogP contribution >= 0.6 is 0 Å². The number of phenols is 1. The summed E-state index contributed by atoms with van der Waals surface area (Å²) in [5, 5.41) is 12.8. The number of rotatable bonds is 2. The van der Waals surface area contributed by atoms with E-state index in [-0.39, 0.29) is 17.2 Å². The highest BCUT2D eigenvalue weighted by molar-refractivity contribution is 5.97. The molecule has 4 heteroatoms. The van der Waals surface area contributed by atoms with Crippen molar-refractivity contribution in [2.75, 3.05) is 13.2 Å². The quantitative estimate of drug-likeness (QED) is 0.842. The molecule has 1 amide bonds. The first-order valence-electron chi connectivity index (χ1n) is 6.21. The van der Waals surface area contributed by atoms with E-state index in [0.717, 1.165) is 19.4 Å². The summed E-state index contributed by atoms with van der Waals surface area (Å²) in [6.07, 6.45) is 1.84. The van der Waals surface area contributed by atoms with Gasteiger partial charge in [0.1, 0.15) is 5.75 Å². The predicted molar refractivity (Wildman–Crippen MR) is 68.8 cm³/mol. The number of carbonyl (C=O) groups excluding carboxylic acids is 1. The Morgan fingerprint density at radius 3 is 2.94 bits per heavy atom. The maximum absolute atomic E-state index is 12.2. The summed E-state index contributed by atoms with van der Waals surface area (Å²) in [6.45, 7) is 5.01. The second kappa shape index (κ2) is 4.98. The normalized spacial score (nSPS) is 23.7. The minimum Gasteiger partial charge on any atom is -0.507 e. The van der Waals surface area contributed by atoms with Gasteiger partial charge in [0.25, 0.3) is 5.91 Å². The van der Waals surface area contributed by atoms with Crippen LogP contribution in [0, 0.1) is 6.92 Å². The maximum atomic E-state index is 12.2. The lowest BCUT2D eigenvalue weighted by molar-refractivity contribution is 0.0272. The lowest BCUT2D eigenvalue weighted by Gasteiger charge is -2.34. The van der Waals surface area contributed by atoms with Gasteiger partial charge in [0.15, 0.2) is 0 Å². The number of ether oxygens (including phenoxy) is 1. The third-order valence-corrected chi connectivity index (χ3v) is 3.34. The molecule has 1 atom stereocenters. The van der Waals surface area contributed by atoms with Crippen LogP contribution in [0.15, 0.2) is 18.2 Å². The highest BCUT2D eigenvalue weighted by atomic mass is 16.5. The number of nitrogens with one attached hydrogen (secondary N) is 1. The van der Waals surface area contributed by atoms with Crippen LogP contribution in [0.3, 0.4) is 0 Å². The van der Waals surface area contributed by atoms with Gasteiger partial charge in [-0.1, -0.05) is 12.1 Å². The molecule has 0 bridgehead atoms. The monoisotopic (exact) mass is 249 g/mol. The second-order valence-electron chi connectivity index (χ2n) is 5.14. The summed E-state index contributed by atoms with van der Waals surface area (Å²) in [7, 11) is 0. The summed E-state index contributed by atoms with van der Waals surface area (Å²) < 4.78 is 5.40. The van der Waals surface area contributed by atoms with Crippen LogP contribution in [0.1, 0.15) is 35.7 Å². The van der Waals surface area contributed by atoms with Gasteiger partial charge < -0.3 is 15.2 Å².